The van der Waals surface area contributed by atoms with E-state index in [-0.39, 0.29) is 18.9 Å². The monoisotopic (exact) mass is 421 g/mol. The second-order valence-electron chi connectivity index (χ2n) is 6.80. The summed E-state index contributed by atoms with van der Waals surface area (Å²) in [6, 6.07) is 20.7. The van der Waals surface area contributed by atoms with Crippen molar-refractivity contribution >= 4 is 27.7 Å². The van der Waals surface area contributed by atoms with E-state index in [2.05, 4.69) is 4.98 Å². The van der Waals surface area contributed by atoms with E-state index < -0.39 is 27.6 Å². The number of nitrogens with zero attached hydrogens (tertiary/aromatic N) is 3. The van der Waals surface area contributed by atoms with Gasteiger partial charge in [-0.3, -0.25) is 14.5 Å². The molecule has 8 heteroatoms. The van der Waals surface area contributed by atoms with Crippen molar-refractivity contribution in [1.82, 2.24) is 9.88 Å². The Morgan fingerprint density at radius 1 is 0.800 bits per heavy atom. The zero-order valence-electron chi connectivity index (χ0n) is 16.0. The van der Waals surface area contributed by atoms with E-state index in [1.807, 2.05) is 30.3 Å². The van der Waals surface area contributed by atoms with Crippen molar-refractivity contribution in [2.24, 2.45) is 0 Å². The maximum Gasteiger partial charge on any atom is 0.261 e. The number of pyridine rings is 1. The maximum absolute atomic E-state index is 13.2. The number of hydrogen-bond acceptors (Lipinski definition) is 5. The Morgan fingerprint density at radius 3 is 2.00 bits per heavy atom. The highest BCUT2D eigenvalue weighted by molar-refractivity contribution is 7.92. The summed E-state index contributed by atoms with van der Waals surface area (Å²) in [6.45, 7) is -0.130. The largest absolute Gasteiger partial charge is 0.273 e. The van der Waals surface area contributed by atoms with Crippen LogP contribution in [0.1, 0.15) is 26.3 Å². The summed E-state index contributed by atoms with van der Waals surface area (Å²) in [4.78, 5) is 30.2. The minimum atomic E-state index is -3.87. The predicted molar refractivity (Wildman–Crippen MR) is 112 cm³/mol. The van der Waals surface area contributed by atoms with E-state index in [1.54, 1.807) is 42.5 Å². The average Bonchev–Trinajstić information content (AvgIpc) is 3.02. The SMILES string of the molecule is O=C1c2ccccc2C(=O)N1CCS(=O)(=O)N(Cc1ccccc1)c1ccccn1. The molecule has 2 amide bonds. The van der Waals surface area contributed by atoms with Gasteiger partial charge in [0.2, 0.25) is 10.0 Å². The van der Waals surface area contributed by atoms with Gasteiger partial charge in [-0.15, -0.1) is 0 Å². The highest BCUT2D eigenvalue weighted by Crippen LogP contribution is 2.24. The predicted octanol–water partition coefficient (Wildman–Crippen LogP) is 2.71. The zero-order valence-corrected chi connectivity index (χ0v) is 16.8. The van der Waals surface area contributed by atoms with E-state index in [9.17, 15) is 18.0 Å². The zero-order chi connectivity index (χ0) is 21.1. The maximum atomic E-state index is 13.2. The summed E-state index contributed by atoms with van der Waals surface area (Å²) in [5.41, 5.74) is 1.39. The molecule has 0 bridgehead atoms. The third-order valence-electron chi connectivity index (χ3n) is 4.86. The number of imide groups is 1. The molecule has 0 atom stereocenters. The van der Waals surface area contributed by atoms with E-state index in [0.717, 1.165) is 10.5 Å². The first-order valence-corrected chi connectivity index (χ1v) is 11.0. The van der Waals surface area contributed by atoms with Crippen LogP contribution < -0.4 is 4.31 Å². The molecule has 1 aliphatic rings. The molecule has 0 spiro atoms. The molecular formula is C22H19N3O4S. The standard InChI is InChI=1S/C22H19N3O4S/c26-21-18-10-4-5-11-19(18)22(27)24(21)14-15-30(28,29)25(20-12-6-7-13-23-20)16-17-8-2-1-3-9-17/h1-13H,14-16H2. The van der Waals surface area contributed by atoms with Crippen LogP contribution in [0.25, 0.3) is 0 Å². The number of hydrogen-bond donors (Lipinski definition) is 0. The minimum absolute atomic E-state index is 0.0995. The molecule has 3 aromatic rings. The second kappa shape index (κ2) is 8.08. The van der Waals surface area contributed by atoms with Crippen LogP contribution >= 0.6 is 0 Å². The molecule has 152 valence electrons. The fourth-order valence-electron chi connectivity index (χ4n) is 3.33. The Labute approximate surface area is 174 Å². The normalized spacial score (nSPS) is 13.4. The van der Waals surface area contributed by atoms with Crippen molar-refractivity contribution in [1.29, 1.82) is 0 Å². The van der Waals surface area contributed by atoms with E-state index >= 15 is 0 Å². The molecule has 0 aliphatic carbocycles. The molecular weight excluding hydrogens is 402 g/mol. The first-order valence-electron chi connectivity index (χ1n) is 9.38. The fraction of sp³-hybridized carbons (Fsp3) is 0.136. The van der Waals surface area contributed by atoms with E-state index in [4.69, 9.17) is 0 Å². The average molecular weight is 421 g/mol. The van der Waals surface area contributed by atoms with Crippen LogP contribution in [0.2, 0.25) is 0 Å². The molecule has 0 N–H and O–H groups in total. The number of sulfonamides is 1. The Kier molecular flexibility index (Phi) is 5.33. The quantitative estimate of drug-likeness (QED) is 0.548. The highest BCUT2D eigenvalue weighted by atomic mass is 32.2. The van der Waals surface area contributed by atoms with Crippen LogP contribution in [0.5, 0.6) is 0 Å². The number of aromatic nitrogens is 1. The molecule has 0 unspecified atom stereocenters. The van der Waals surface area contributed by atoms with Gasteiger partial charge < -0.3 is 0 Å². The van der Waals surface area contributed by atoms with Crippen LogP contribution in [0.15, 0.2) is 79.0 Å². The number of amides is 2. The van der Waals surface area contributed by atoms with E-state index in [1.165, 1.54) is 10.5 Å². The van der Waals surface area contributed by atoms with Gasteiger partial charge in [-0.05, 0) is 29.8 Å². The van der Waals surface area contributed by atoms with Crippen LogP contribution in [-0.4, -0.2) is 42.4 Å². The van der Waals surface area contributed by atoms with Crippen LogP contribution in [0.4, 0.5) is 5.82 Å². The van der Waals surface area contributed by atoms with Gasteiger partial charge in [-0.2, -0.15) is 0 Å². The lowest BCUT2D eigenvalue weighted by Crippen LogP contribution is -2.40. The van der Waals surface area contributed by atoms with Crippen molar-refractivity contribution in [3.05, 3.63) is 95.7 Å². The third-order valence-corrected chi connectivity index (χ3v) is 6.55. The lowest BCUT2D eigenvalue weighted by Gasteiger charge is -2.24. The van der Waals surface area contributed by atoms with Gasteiger partial charge in [0.25, 0.3) is 11.8 Å². The summed E-state index contributed by atoms with van der Waals surface area (Å²) >= 11 is 0. The number of carbonyl (C=O) groups is 2. The van der Waals surface area contributed by atoms with Crippen molar-refractivity contribution in [2.75, 3.05) is 16.6 Å². The van der Waals surface area contributed by atoms with Gasteiger partial charge >= 0.3 is 0 Å². The van der Waals surface area contributed by atoms with Crippen molar-refractivity contribution in [2.45, 2.75) is 6.54 Å². The molecule has 4 rings (SSSR count). The van der Waals surface area contributed by atoms with Crippen molar-refractivity contribution in [3.63, 3.8) is 0 Å². The smallest absolute Gasteiger partial charge is 0.261 e. The molecule has 0 fully saturated rings. The minimum Gasteiger partial charge on any atom is -0.273 e. The lowest BCUT2D eigenvalue weighted by molar-refractivity contribution is 0.0664. The van der Waals surface area contributed by atoms with Gasteiger partial charge in [-0.25, -0.2) is 17.7 Å². The molecule has 7 nitrogen and oxygen atoms in total. The molecule has 1 aromatic heterocycles. The molecule has 0 saturated carbocycles. The molecule has 0 saturated heterocycles. The Balaban J connectivity index is 1.57. The number of carbonyl (C=O) groups excluding carboxylic acids is 2. The number of benzene rings is 2. The Hall–Kier alpha value is -3.52. The molecule has 1 aliphatic heterocycles. The van der Waals surface area contributed by atoms with Crippen LogP contribution in [-0.2, 0) is 16.6 Å². The molecule has 2 aromatic carbocycles. The Morgan fingerprint density at radius 2 is 1.40 bits per heavy atom. The third kappa shape index (κ3) is 3.81. The molecule has 0 radical (unpaired) electrons. The molecule has 2 heterocycles. The second-order valence-corrected chi connectivity index (χ2v) is 8.82. The first kappa shape index (κ1) is 19.8. The van der Waals surface area contributed by atoms with Crippen molar-refractivity contribution < 1.29 is 18.0 Å². The Bertz CT molecular complexity index is 1150. The number of fused-ring (bicyclic) bond motifs is 1. The topological polar surface area (TPSA) is 87.7 Å². The summed E-state index contributed by atoms with van der Waals surface area (Å²) in [7, 11) is -3.87. The highest BCUT2D eigenvalue weighted by Gasteiger charge is 2.36. The van der Waals surface area contributed by atoms with Gasteiger partial charge in [0.15, 0.2) is 0 Å². The van der Waals surface area contributed by atoms with Crippen LogP contribution in [0, 0.1) is 0 Å². The van der Waals surface area contributed by atoms with Gasteiger partial charge in [0.1, 0.15) is 5.82 Å². The summed E-state index contributed by atoms with van der Waals surface area (Å²) in [5.74, 6) is -1.07. The summed E-state index contributed by atoms with van der Waals surface area (Å²) < 4.78 is 27.6. The molecule has 30 heavy (non-hydrogen) atoms. The summed E-state index contributed by atoms with van der Waals surface area (Å²) in [6.07, 6.45) is 1.52. The summed E-state index contributed by atoms with van der Waals surface area (Å²) in [5, 5.41) is 0. The van der Waals surface area contributed by atoms with Gasteiger partial charge in [-0.1, -0.05) is 48.5 Å². The van der Waals surface area contributed by atoms with Crippen LogP contribution in [0.3, 0.4) is 0 Å². The number of anilines is 1. The van der Waals surface area contributed by atoms with Gasteiger partial charge in [0.05, 0.1) is 23.4 Å². The fourth-order valence-corrected chi connectivity index (χ4v) is 4.70. The first-order chi connectivity index (χ1) is 14.5. The lowest BCUT2D eigenvalue weighted by atomic mass is 10.1. The number of rotatable bonds is 7. The van der Waals surface area contributed by atoms with Gasteiger partial charge in [0, 0.05) is 12.7 Å². The van der Waals surface area contributed by atoms with Crippen molar-refractivity contribution in [3.8, 4) is 0 Å². The van der Waals surface area contributed by atoms with E-state index in [0.29, 0.717) is 11.1 Å².